The molecular formula is C12H15N5O2S. The molecule has 0 atom stereocenters. The van der Waals surface area contributed by atoms with Crippen LogP contribution in [0.1, 0.15) is 12.0 Å². The molecule has 0 saturated carbocycles. The molecule has 0 fully saturated rings. The Bertz CT molecular complexity index is 714. The van der Waals surface area contributed by atoms with Gasteiger partial charge in [-0.1, -0.05) is 0 Å². The highest BCUT2D eigenvalue weighted by molar-refractivity contribution is 7.71. The van der Waals surface area contributed by atoms with Crippen LogP contribution >= 0.6 is 12.2 Å². The summed E-state index contributed by atoms with van der Waals surface area (Å²) in [6, 6.07) is 0. The zero-order valence-electron chi connectivity index (χ0n) is 11.0. The van der Waals surface area contributed by atoms with Crippen molar-refractivity contribution in [2.45, 2.75) is 13.0 Å². The van der Waals surface area contributed by atoms with Gasteiger partial charge >= 0.3 is 0 Å². The van der Waals surface area contributed by atoms with Gasteiger partial charge in [0.25, 0.3) is 5.56 Å². The molecule has 0 bridgehead atoms. The van der Waals surface area contributed by atoms with Gasteiger partial charge in [0.05, 0.1) is 6.33 Å². The molecule has 7 nitrogen and oxygen atoms in total. The van der Waals surface area contributed by atoms with Crippen molar-refractivity contribution in [2.75, 3.05) is 6.54 Å². The number of hydrogen-bond acceptors (Lipinski definition) is 5. The number of imidazole rings is 1. The maximum Gasteiger partial charge on any atom is 0.264 e. The molecular weight excluding hydrogens is 278 g/mol. The Hall–Kier alpha value is -2.22. The third-order valence-corrected chi connectivity index (χ3v) is 3.19. The summed E-state index contributed by atoms with van der Waals surface area (Å²) in [7, 11) is 1.57. The highest BCUT2D eigenvalue weighted by Crippen LogP contribution is 2.08. The first-order valence-corrected chi connectivity index (χ1v) is 6.48. The number of H-pyrrole nitrogens is 1. The Morgan fingerprint density at radius 2 is 2.40 bits per heavy atom. The lowest BCUT2D eigenvalue weighted by molar-refractivity contribution is 0.420. The van der Waals surface area contributed by atoms with E-state index in [0.29, 0.717) is 6.54 Å². The Balaban J connectivity index is 2.00. The number of aromatic nitrogens is 4. The molecule has 0 spiro atoms. The highest BCUT2D eigenvalue weighted by atomic mass is 32.1. The largest absolute Gasteiger partial charge is 0.494 e. The first kappa shape index (κ1) is 14.2. The fraction of sp³-hybridized carbons (Fsp3) is 0.333. The van der Waals surface area contributed by atoms with E-state index in [1.165, 1.54) is 10.8 Å². The average Bonchev–Trinajstić information content (AvgIpc) is 2.92. The lowest BCUT2D eigenvalue weighted by Crippen LogP contribution is -2.17. The van der Waals surface area contributed by atoms with Crippen LogP contribution in [0.4, 0.5) is 0 Å². The van der Waals surface area contributed by atoms with Crippen molar-refractivity contribution >= 4 is 18.4 Å². The summed E-state index contributed by atoms with van der Waals surface area (Å²) in [5, 5.41) is 9.84. The molecule has 2 aromatic heterocycles. The van der Waals surface area contributed by atoms with Crippen LogP contribution in [0.2, 0.25) is 0 Å². The molecule has 0 aliphatic heterocycles. The van der Waals surface area contributed by atoms with Crippen molar-refractivity contribution in [3.05, 3.63) is 39.4 Å². The second-order valence-electron chi connectivity index (χ2n) is 4.24. The molecule has 0 amide bonds. The normalized spacial score (nSPS) is 11.2. The predicted molar refractivity (Wildman–Crippen MR) is 77.8 cm³/mol. The van der Waals surface area contributed by atoms with Gasteiger partial charge in [-0.2, -0.15) is 0 Å². The van der Waals surface area contributed by atoms with E-state index in [9.17, 15) is 9.90 Å². The minimum absolute atomic E-state index is 0.115. The van der Waals surface area contributed by atoms with Gasteiger partial charge in [-0.15, -0.1) is 0 Å². The third kappa shape index (κ3) is 3.21. The summed E-state index contributed by atoms with van der Waals surface area (Å²) < 4.78 is 3.44. The van der Waals surface area contributed by atoms with E-state index < -0.39 is 5.56 Å². The molecule has 2 aromatic rings. The monoisotopic (exact) mass is 293 g/mol. The predicted octanol–water partition coefficient (Wildman–Crippen LogP) is 0.854. The summed E-state index contributed by atoms with van der Waals surface area (Å²) in [5.41, 5.74) is -0.326. The van der Waals surface area contributed by atoms with Gasteiger partial charge in [-0.25, -0.2) is 4.98 Å². The van der Waals surface area contributed by atoms with E-state index in [1.807, 2.05) is 10.8 Å². The second-order valence-corrected chi connectivity index (χ2v) is 4.63. The Morgan fingerprint density at radius 3 is 3.10 bits per heavy atom. The Kier molecular flexibility index (Phi) is 4.46. The fourth-order valence-corrected chi connectivity index (χ4v) is 1.84. The highest BCUT2D eigenvalue weighted by Gasteiger charge is 2.07. The summed E-state index contributed by atoms with van der Waals surface area (Å²) in [6.07, 6.45) is 7.52. The van der Waals surface area contributed by atoms with Crippen LogP contribution < -0.4 is 5.56 Å². The van der Waals surface area contributed by atoms with Gasteiger partial charge in [0.1, 0.15) is 5.56 Å². The lowest BCUT2D eigenvalue weighted by Gasteiger charge is -2.04. The topological polar surface area (TPSA) is 88.2 Å². The van der Waals surface area contributed by atoms with Crippen molar-refractivity contribution < 1.29 is 5.11 Å². The van der Waals surface area contributed by atoms with Crippen molar-refractivity contribution in [2.24, 2.45) is 12.0 Å². The first-order valence-electron chi connectivity index (χ1n) is 6.07. The van der Waals surface area contributed by atoms with Crippen LogP contribution in [-0.4, -0.2) is 37.0 Å². The number of nitrogens with one attached hydrogen (secondary N) is 1. The maximum absolute atomic E-state index is 11.7. The van der Waals surface area contributed by atoms with Crippen LogP contribution in [0.15, 0.2) is 28.5 Å². The molecule has 0 aliphatic carbocycles. The van der Waals surface area contributed by atoms with Gasteiger partial charge in [-0.05, 0) is 18.6 Å². The molecule has 0 radical (unpaired) electrons. The quantitative estimate of drug-likeness (QED) is 0.486. The molecule has 0 saturated heterocycles. The number of nitrogens with zero attached hydrogens (tertiary/aromatic N) is 4. The van der Waals surface area contributed by atoms with Gasteiger partial charge in [0.15, 0.2) is 4.77 Å². The molecule has 0 aromatic carbocycles. The van der Waals surface area contributed by atoms with Crippen LogP contribution in [-0.2, 0) is 13.6 Å². The minimum atomic E-state index is -0.441. The van der Waals surface area contributed by atoms with Gasteiger partial charge < -0.3 is 9.67 Å². The molecule has 2 rings (SSSR count). The summed E-state index contributed by atoms with van der Waals surface area (Å²) in [5.74, 6) is -0.183. The van der Waals surface area contributed by atoms with Crippen molar-refractivity contribution in [3.8, 4) is 5.88 Å². The van der Waals surface area contributed by atoms with E-state index >= 15 is 0 Å². The molecule has 0 unspecified atom stereocenters. The van der Waals surface area contributed by atoms with Crippen LogP contribution in [0, 0.1) is 4.77 Å². The zero-order valence-corrected chi connectivity index (χ0v) is 11.8. The van der Waals surface area contributed by atoms with Gasteiger partial charge in [0, 0.05) is 38.7 Å². The van der Waals surface area contributed by atoms with Crippen molar-refractivity contribution in [1.82, 2.24) is 19.1 Å². The summed E-state index contributed by atoms with van der Waals surface area (Å²) in [4.78, 5) is 22.2. The standard InChI is InChI=1S/C12H15N5O2S/c1-16-11(19)9(10(18)15-12(16)20)7-13-3-2-5-17-6-4-14-8-17/h4,6-8,19H,2-3,5H2,1H3,(H,15,18,20). The molecule has 8 heteroatoms. The fourth-order valence-electron chi connectivity index (χ4n) is 1.66. The van der Waals surface area contributed by atoms with Crippen LogP contribution in [0.3, 0.4) is 0 Å². The number of aliphatic imine (C=N–C) groups is 1. The van der Waals surface area contributed by atoms with Crippen molar-refractivity contribution in [3.63, 3.8) is 0 Å². The molecule has 2 heterocycles. The van der Waals surface area contributed by atoms with Crippen molar-refractivity contribution in [1.29, 1.82) is 0 Å². The zero-order chi connectivity index (χ0) is 14.5. The average molecular weight is 293 g/mol. The smallest absolute Gasteiger partial charge is 0.264 e. The van der Waals surface area contributed by atoms with Crippen LogP contribution in [0.25, 0.3) is 0 Å². The van der Waals surface area contributed by atoms with Gasteiger partial charge in [-0.3, -0.25) is 19.3 Å². The molecule has 106 valence electrons. The maximum atomic E-state index is 11.7. The number of hydrogen-bond donors (Lipinski definition) is 2. The Morgan fingerprint density at radius 1 is 1.60 bits per heavy atom. The minimum Gasteiger partial charge on any atom is -0.494 e. The van der Waals surface area contributed by atoms with Gasteiger partial charge in [0.2, 0.25) is 5.88 Å². The first-order chi connectivity index (χ1) is 9.59. The number of aromatic hydroxyl groups is 1. The Labute approximate surface area is 120 Å². The van der Waals surface area contributed by atoms with E-state index in [0.717, 1.165) is 13.0 Å². The summed E-state index contributed by atoms with van der Waals surface area (Å²) in [6.45, 7) is 1.36. The molecule has 20 heavy (non-hydrogen) atoms. The molecule has 0 aliphatic rings. The third-order valence-electron chi connectivity index (χ3n) is 2.81. The summed E-state index contributed by atoms with van der Waals surface area (Å²) >= 11 is 4.88. The van der Waals surface area contributed by atoms with E-state index in [2.05, 4.69) is 15.0 Å². The second kappa shape index (κ2) is 6.29. The van der Waals surface area contributed by atoms with Crippen LogP contribution in [0.5, 0.6) is 5.88 Å². The van der Waals surface area contributed by atoms with E-state index in [-0.39, 0.29) is 16.2 Å². The SMILES string of the molecule is Cn1c(O)c(C=NCCCn2ccnc2)c(=O)[nH]c1=S. The number of rotatable bonds is 5. The lowest BCUT2D eigenvalue weighted by atomic mass is 10.3. The number of aryl methyl sites for hydroxylation is 1. The molecule has 2 N–H and O–H groups in total. The van der Waals surface area contributed by atoms with E-state index in [4.69, 9.17) is 12.2 Å². The van der Waals surface area contributed by atoms with E-state index in [1.54, 1.807) is 19.6 Å². The number of aromatic amines is 1.